The van der Waals surface area contributed by atoms with E-state index in [0.717, 1.165) is 48.3 Å². The first kappa shape index (κ1) is 25.3. The topological polar surface area (TPSA) is 35.5 Å². The van der Waals surface area contributed by atoms with E-state index < -0.39 is 0 Å². The van der Waals surface area contributed by atoms with Gasteiger partial charge in [-0.1, -0.05) is 65.5 Å². The number of carbonyl (C=O) groups is 1. The van der Waals surface area contributed by atoms with Gasteiger partial charge in [-0.15, -0.1) is 0 Å². The maximum absolute atomic E-state index is 12.0. The zero-order valence-electron chi connectivity index (χ0n) is 22.3. The van der Waals surface area contributed by atoms with E-state index in [4.69, 9.17) is 9.47 Å². The third-order valence-corrected chi connectivity index (χ3v) is 10.8. The Morgan fingerprint density at radius 2 is 1.85 bits per heavy atom. The second-order valence-electron chi connectivity index (χ2n) is 13.1. The van der Waals surface area contributed by atoms with E-state index in [1.807, 2.05) is 0 Å². The lowest BCUT2D eigenvalue weighted by molar-refractivity contribution is -0.155. The van der Waals surface area contributed by atoms with Crippen LogP contribution in [0.1, 0.15) is 105 Å². The molecule has 0 unspecified atom stereocenters. The van der Waals surface area contributed by atoms with Crippen molar-refractivity contribution in [3.63, 3.8) is 0 Å². The number of esters is 1. The minimum atomic E-state index is -0.215. The fourth-order valence-electron chi connectivity index (χ4n) is 9.09. The molecule has 0 saturated heterocycles. The van der Waals surface area contributed by atoms with Crippen LogP contribution in [0.5, 0.6) is 0 Å². The SMILES string of the molecule is COCC(=O)O[C@H]1CC[C@@]2(C)C(=CC[C@H]3[C@@H]4CC[C@H]([C@H](C)CCCC(C)C)[C@@]4(C)CC[C@@H]32)C1. The summed E-state index contributed by atoms with van der Waals surface area (Å²) < 4.78 is 10.7. The number of allylic oxidation sites excluding steroid dienone is 1. The first-order valence-electron chi connectivity index (χ1n) is 14.1. The minimum absolute atomic E-state index is 0.0416. The number of hydrogen-bond donors (Lipinski definition) is 0. The number of rotatable bonds is 8. The molecule has 3 fully saturated rings. The number of carbonyl (C=O) groups excluding carboxylic acids is 1. The molecule has 0 heterocycles. The molecule has 4 aliphatic carbocycles. The van der Waals surface area contributed by atoms with Crippen molar-refractivity contribution >= 4 is 5.97 Å². The smallest absolute Gasteiger partial charge is 0.332 e. The second-order valence-corrected chi connectivity index (χ2v) is 13.1. The molecule has 3 nitrogen and oxygen atoms in total. The Morgan fingerprint density at radius 3 is 2.58 bits per heavy atom. The molecule has 33 heavy (non-hydrogen) atoms. The van der Waals surface area contributed by atoms with Crippen molar-refractivity contribution in [3.8, 4) is 0 Å². The largest absolute Gasteiger partial charge is 0.460 e. The van der Waals surface area contributed by atoms with Crippen molar-refractivity contribution in [3.05, 3.63) is 11.6 Å². The third-order valence-electron chi connectivity index (χ3n) is 10.8. The predicted molar refractivity (Wildman–Crippen MR) is 135 cm³/mol. The Kier molecular flexibility index (Phi) is 7.68. The number of hydrogen-bond acceptors (Lipinski definition) is 3. The molecular formula is C30H50O3. The van der Waals surface area contributed by atoms with Crippen LogP contribution in [0.4, 0.5) is 0 Å². The van der Waals surface area contributed by atoms with Crippen molar-refractivity contribution in [2.75, 3.05) is 13.7 Å². The van der Waals surface area contributed by atoms with Crippen LogP contribution in [0.2, 0.25) is 0 Å². The lowest BCUT2D eigenvalue weighted by Gasteiger charge is -2.58. The van der Waals surface area contributed by atoms with Crippen LogP contribution in [0.15, 0.2) is 11.6 Å². The number of ether oxygens (including phenoxy) is 2. The van der Waals surface area contributed by atoms with E-state index in [2.05, 4.69) is 40.7 Å². The molecule has 0 radical (unpaired) electrons. The summed E-state index contributed by atoms with van der Waals surface area (Å²) in [6.07, 6.45) is 16.9. The first-order valence-corrected chi connectivity index (χ1v) is 14.1. The Balaban J connectivity index is 1.43. The average molecular weight is 459 g/mol. The van der Waals surface area contributed by atoms with Gasteiger partial charge in [0.05, 0.1) is 0 Å². The predicted octanol–water partition coefficient (Wildman–Crippen LogP) is 7.59. The highest BCUT2D eigenvalue weighted by Gasteiger charge is 2.59. The minimum Gasteiger partial charge on any atom is -0.460 e. The molecule has 0 aromatic rings. The molecule has 4 rings (SSSR count). The van der Waals surface area contributed by atoms with Crippen LogP contribution in [0.25, 0.3) is 0 Å². The number of methoxy groups -OCH3 is 1. The lowest BCUT2D eigenvalue weighted by Crippen LogP contribution is -2.51. The Bertz CT molecular complexity index is 726. The maximum Gasteiger partial charge on any atom is 0.332 e. The lowest BCUT2D eigenvalue weighted by atomic mass is 9.47. The molecule has 4 aliphatic rings. The monoisotopic (exact) mass is 458 g/mol. The Morgan fingerprint density at radius 1 is 1.06 bits per heavy atom. The average Bonchev–Trinajstić information content (AvgIpc) is 3.11. The summed E-state index contributed by atoms with van der Waals surface area (Å²) >= 11 is 0. The Hall–Kier alpha value is -0.830. The highest BCUT2D eigenvalue weighted by atomic mass is 16.6. The van der Waals surface area contributed by atoms with Gasteiger partial charge in [0, 0.05) is 13.5 Å². The molecule has 188 valence electrons. The molecule has 0 bridgehead atoms. The molecule has 0 amide bonds. The standard InChI is InChI=1S/C30H50O3/c1-20(2)8-7-9-21(3)25-12-13-26-24-11-10-22-18-23(33-28(31)19-32-6)14-16-29(22,4)27(24)15-17-30(25,26)5/h10,20-21,23-27H,7-9,11-19H2,1-6H3/t21-,23+,24+,25-,26+,27+,29+,30-/m1/s1. The summed E-state index contributed by atoms with van der Waals surface area (Å²) in [5, 5.41) is 0. The van der Waals surface area contributed by atoms with Crippen molar-refractivity contribution in [1.82, 2.24) is 0 Å². The van der Waals surface area contributed by atoms with Crippen LogP contribution in [0, 0.1) is 46.3 Å². The van der Waals surface area contributed by atoms with Gasteiger partial charge in [0.1, 0.15) is 12.7 Å². The summed E-state index contributed by atoms with van der Waals surface area (Å²) in [6, 6.07) is 0. The highest BCUT2D eigenvalue weighted by Crippen LogP contribution is 2.67. The zero-order chi connectivity index (χ0) is 23.8. The zero-order valence-corrected chi connectivity index (χ0v) is 22.3. The molecule has 8 atom stereocenters. The summed E-state index contributed by atoms with van der Waals surface area (Å²) in [6.45, 7) is 12.6. The van der Waals surface area contributed by atoms with Crippen molar-refractivity contribution in [2.45, 2.75) is 111 Å². The third kappa shape index (κ3) is 4.82. The van der Waals surface area contributed by atoms with Gasteiger partial charge < -0.3 is 9.47 Å². The second kappa shape index (κ2) is 10.0. The van der Waals surface area contributed by atoms with Crippen molar-refractivity contribution in [2.24, 2.45) is 46.3 Å². The van der Waals surface area contributed by atoms with Gasteiger partial charge in [-0.25, -0.2) is 4.79 Å². The van der Waals surface area contributed by atoms with Crippen molar-refractivity contribution < 1.29 is 14.3 Å². The van der Waals surface area contributed by atoms with E-state index in [1.54, 1.807) is 12.7 Å². The van der Waals surface area contributed by atoms with Gasteiger partial charge >= 0.3 is 5.97 Å². The molecule has 0 aromatic carbocycles. The van der Waals surface area contributed by atoms with E-state index in [0.29, 0.717) is 10.8 Å². The van der Waals surface area contributed by atoms with Crippen molar-refractivity contribution in [1.29, 1.82) is 0 Å². The van der Waals surface area contributed by atoms with E-state index in [-0.39, 0.29) is 18.7 Å². The van der Waals surface area contributed by atoms with Gasteiger partial charge in [-0.2, -0.15) is 0 Å². The normalized spacial score (nSPS) is 41.1. The van der Waals surface area contributed by atoms with Gasteiger partial charge in [0.25, 0.3) is 0 Å². The van der Waals surface area contributed by atoms with Crippen LogP contribution in [-0.4, -0.2) is 25.8 Å². The fourth-order valence-corrected chi connectivity index (χ4v) is 9.09. The van der Waals surface area contributed by atoms with Gasteiger partial charge in [0.2, 0.25) is 0 Å². The quantitative estimate of drug-likeness (QED) is 0.278. The van der Waals surface area contributed by atoms with Gasteiger partial charge in [-0.05, 0) is 91.3 Å². The van der Waals surface area contributed by atoms with Gasteiger partial charge in [0.15, 0.2) is 0 Å². The molecule has 0 aliphatic heterocycles. The first-order chi connectivity index (χ1) is 15.7. The maximum atomic E-state index is 12.0. The Labute approximate surface area is 203 Å². The number of fused-ring (bicyclic) bond motifs is 5. The van der Waals surface area contributed by atoms with E-state index in [1.165, 1.54) is 57.8 Å². The van der Waals surface area contributed by atoms with E-state index in [9.17, 15) is 4.79 Å². The highest BCUT2D eigenvalue weighted by molar-refractivity contribution is 5.70. The molecule has 3 saturated carbocycles. The molecule has 0 aromatic heterocycles. The van der Waals surface area contributed by atoms with Crippen LogP contribution >= 0.6 is 0 Å². The molecule has 0 N–H and O–H groups in total. The van der Waals surface area contributed by atoms with E-state index >= 15 is 0 Å². The summed E-state index contributed by atoms with van der Waals surface area (Å²) in [5.74, 6) is 5.00. The molecular weight excluding hydrogens is 408 g/mol. The summed E-state index contributed by atoms with van der Waals surface area (Å²) in [4.78, 5) is 12.0. The summed E-state index contributed by atoms with van der Waals surface area (Å²) in [5.41, 5.74) is 2.45. The van der Waals surface area contributed by atoms with Gasteiger partial charge in [-0.3, -0.25) is 0 Å². The molecule has 3 heteroatoms. The van der Waals surface area contributed by atoms with Crippen LogP contribution in [-0.2, 0) is 14.3 Å². The fraction of sp³-hybridized carbons (Fsp3) is 0.900. The molecule has 0 spiro atoms. The van der Waals surface area contributed by atoms with Crippen LogP contribution in [0.3, 0.4) is 0 Å². The summed E-state index contributed by atoms with van der Waals surface area (Å²) in [7, 11) is 1.56. The van der Waals surface area contributed by atoms with Crippen LogP contribution < -0.4 is 0 Å².